The van der Waals surface area contributed by atoms with Gasteiger partial charge in [-0.25, -0.2) is 0 Å². The lowest BCUT2D eigenvalue weighted by molar-refractivity contribution is -0.120. The molecule has 0 aliphatic carbocycles. The number of anilines is 1. The molecule has 0 aromatic heterocycles. The summed E-state index contributed by atoms with van der Waals surface area (Å²) in [5, 5.41) is 0. The minimum Gasteiger partial charge on any atom is -0.496 e. The maximum atomic E-state index is 13.1. The van der Waals surface area contributed by atoms with E-state index in [4.69, 9.17) is 4.74 Å². The van der Waals surface area contributed by atoms with Crippen LogP contribution in [-0.2, 0) is 11.3 Å². The van der Waals surface area contributed by atoms with E-state index >= 15 is 0 Å². The van der Waals surface area contributed by atoms with Crippen molar-refractivity contribution in [3.63, 3.8) is 0 Å². The molecule has 0 atom stereocenters. The van der Waals surface area contributed by atoms with Crippen LogP contribution in [0.1, 0.15) is 44.2 Å². The molecule has 1 fully saturated rings. The zero-order valence-electron chi connectivity index (χ0n) is 18.2. The monoisotopic (exact) mass is 394 g/mol. The molecule has 2 aromatic rings. The third kappa shape index (κ3) is 5.60. The Hall–Kier alpha value is -2.33. The fourth-order valence-electron chi connectivity index (χ4n) is 4.12. The molecule has 1 heterocycles. The van der Waals surface area contributed by atoms with Crippen LogP contribution in [0.5, 0.6) is 5.75 Å². The Morgan fingerprint density at radius 2 is 1.76 bits per heavy atom. The molecule has 4 nitrogen and oxygen atoms in total. The number of ether oxygens (including phenoxy) is 1. The van der Waals surface area contributed by atoms with Crippen molar-refractivity contribution in [3.05, 3.63) is 59.7 Å². The number of methoxy groups -OCH3 is 1. The van der Waals surface area contributed by atoms with E-state index < -0.39 is 0 Å². The van der Waals surface area contributed by atoms with Crippen LogP contribution >= 0.6 is 0 Å². The highest BCUT2D eigenvalue weighted by molar-refractivity contribution is 5.94. The van der Waals surface area contributed by atoms with Gasteiger partial charge in [-0.15, -0.1) is 0 Å². The standard InChI is InChI=1S/C25H34N2O2/c1-19(2)17-25(28)27(22-11-9-20(3)10-12-22)23-13-15-26(16-14-23)18-21-7-5-6-8-24(21)29-4/h5-12,19,23H,13-18H2,1-4H3. The molecule has 1 aliphatic rings. The van der Waals surface area contributed by atoms with E-state index in [1.165, 1.54) is 11.1 Å². The molecule has 3 rings (SSSR count). The normalized spacial score (nSPS) is 15.5. The number of hydrogen-bond donors (Lipinski definition) is 0. The number of carbonyl (C=O) groups excluding carboxylic acids is 1. The van der Waals surface area contributed by atoms with E-state index in [9.17, 15) is 4.79 Å². The molecule has 29 heavy (non-hydrogen) atoms. The molecule has 0 N–H and O–H groups in total. The van der Waals surface area contributed by atoms with Crippen LogP contribution in [0.3, 0.4) is 0 Å². The van der Waals surface area contributed by atoms with Crippen LogP contribution in [0, 0.1) is 12.8 Å². The zero-order valence-corrected chi connectivity index (χ0v) is 18.2. The predicted molar refractivity (Wildman–Crippen MR) is 119 cm³/mol. The van der Waals surface area contributed by atoms with Crippen molar-refractivity contribution in [2.75, 3.05) is 25.1 Å². The molecule has 156 valence electrons. The Bertz CT molecular complexity index is 793. The molecule has 0 bridgehead atoms. The van der Waals surface area contributed by atoms with Gasteiger partial charge in [0.15, 0.2) is 0 Å². The van der Waals surface area contributed by atoms with Crippen LogP contribution in [0.4, 0.5) is 5.69 Å². The van der Waals surface area contributed by atoms with Gasteiger partial charge in [-0.3, -0.25) is 9.69 Å². The second-order valence-corrected chi connectivity index (χ2v) is 8.52. The quantitative estimate of drug-likeness (QED) is 0.659. The van der Waals surface area contributed by atoms with Crippen LogP contribution in [-0.4, -0.2) is 37.0 Å². The molecule has 0 unspecified atom stereocenters. The van der Waals surface area contributed by atoms with Crippen LogP contribution in [0.2, 0.25) is 0 Å². The Morgan fingerprint density at radius 1 is 1.10 bits per heavy atom. The van der Waals surface area contributed by atoms with Crippen molar-refractivity contribution in [3.8, 4) is 5.75 Å². The van der Waals surface area contributed by atoms with E-state index in [2.05, 4.69) is 67.0 Å². The van der Waals surface area contributed by atoms with Gasteiger partial charge in [0.2, 0.25) is 5.91 Å². The number of hydrogen-bond acceptors (Lipinski definition) is 3. The molecule has 2 aromatic carbocycles. The van der Waals surface area contributed by atoms with Gasteiger partial charge in [-0.2, -0.15) is 0 Å². The molecular weight excluding hydrogens is 360 g/mol. The molecule has 1 aliphatic heterocycles. The van der Waals surface area contributed by atoms with E-state index in [0.29, 0.717) is 12.3 Å². The molecule has 1 saturated heterocycles. The highest BCUT2D eigenvalue weighted by atomic mass is 16.5. The van der Waals surface area contributed by atoms with Gasteiger partial charge >= 0.3 is 0 Å². The average Bonchev–Trinajstić information content (AvgIpc) is 2.71. The maximum absolute atomic E-state index is 13.1. The van der Waals surface area contributed by atoms with Crippen molar-refractivity contribution < 1.29 is 9.53 Å². The minimum atomic E-state index is 0.243. The summed E-state index contributed by atoms with van der Waals surface area (Å²) >= 11 is 0. The lowest BCUT2D eigenvalue weighted by Crippen LogP contribution is -2.47. The zero-order chi connectivity index (χ0) is 20.8. The Morgan fingerprint density at radius 3 is 2.38 bits per heavy atom. The average molecular weight is 395 g/mol. The van der Waals surface area contributed by atoms with Gasteiger partial charge in [0, 0.05) is 43.3 Å². The van der Waals surface area contributed by atoms with Crippen molar-refractivity contribution in [2.24, 2.45) is 5.92 Å². The molecule has 4 heteroatoms. The number of nitrogens with zero attached hydrogens (tertiary/aromatic N) is 2. The second-order valence-electron chi connectivity index (χ2n) is 8.52. The lowest BCUT2D eigenvalue weighted by Gasteiger charge is -2.39. The third-order valence-electron chi connectivity index (χ3n) is 5.67. The highest BCUT2D eigenvalue weighted by Gasteiger charge is 2.29. The molecule has 0 spiro atoms. The summed E-state index contributed by atoms with van der Waals surface area (Å²) in [6, 6.07) is 16.9. The highest BCUT2D eigenvalue weighted by Crippen LogP contribution is 2.27. The lowest BCUT2D eigenvalue weighted by atomic mass is 9.99. The van der Waals surface area contributed by atoms with E-state index in [-0.39, 0.29) is 11.9 Å². The number of rotatable bonds is 7. The van der Waals surface area contributed by atoms with Crippen molar-refractivity contribution >= 4 is 11.6 Å². The number of para-hydroxylation sites is 1. The van der Waals surface area contributed by atoms with Crippen LogP contribution in [0.25, 0.3) is 0 Å². The maximum Gasteiger partial charge on any atom is 0.227 e. The summed E-state index contributed by atoms with van der Waals surface area (Å²) in [5.41, 5.74) is 3.47. The number of likely N-dealkylation sites (tertiary alicyclic amines) is 1. The van der Waals surface area contributed by atoms with E-state index in [1.807, 2.05) is 12.1 Å². The number of aryl methyl sites for hydroxylation is 1. The first-order valence-corrected chi connectivity index (χ1v) is 10.7. The van der Waals surface area contributed by atoms with Gasteiger partial charge in [0.05, 0.1) is 7.11 Å². The third-order valence-corrected chi connectivity index (χ3v) is 5.67. The summed E-state index contributed by atoms with van der Waals surface area (Å²) in [6.45, 7) is 9.17. The topological polar surface area (TPSA) is 32.8 Å². The molecular formula is C25H34N2O2. The first kappa shape index (κ1) is 21.4. The predicted octanol–water partition coefficient (Wildman–Crippen LogP) is 5.05. The van der Waals surface area contributed by atoms with Gasteiger partial charge in [0.25, 0.3) is 0 Å². The number of benzene rings is 2. The smallest absolute Gasteiger partial charge is 0.227 e. The van der Waals surface area contributed by atoms with Crippen molar-refractivity contribution in [1.29, 1.82) is 0 Å². The second kappa shape index (κ2) is 9.93. The van der Waals surface area contributed by atoms with Crippen LogP contribution in [0.15, 0.2) is 48.5 Å². The first-order chi connectivity index (χ1) is 14.0. The first-order valence-electron chi connectivity index (χ1n) is 10.7. The fourth-order valence-corrected chi connectivity index (χ4v) is 4.12. The van der Waals surface area contributed by atoms with E-state index in [1.54, 1.807) is 7.11 Å². The molecule has 0 saturated carbocycles. The van der Waals surface area contributed by atoms with Gasteiger partial charge in [-0.1, -0.05) is 49.7 Å². The number of amides is 1. The summed E-state index contributed by atoms with van der Waals surface area (Å²) in [4.78, 5) is 17.6. The molecule has 0 radical (unpaired) electrons. The van der Waals surface area contributed by atoms with Crippen molar-refractivity contribution in [1.82, 2.24) is 4.90 Å². The summed E-state index contributed by atoms with van der Waals surface area (Å²) < 4.78 is 5.50. The SMILES string of the molecule is COc1ccccc1CN1CCC(N(C(=O)CC(C)C)c2ccc(C)cc2)CC1. The van der Waals surface area contributed by atoms with Gasteiger partial charge in [-0.05, 0) is 43.9 Å². The van der Waals surface area contributed by atoms with Crippen LogP contribution < -0.4 is 9.64 Å². The number of piperidine rings is 1. The Labute approximate surface area is 175 Å². The fraction of sp³-hybridized carbons (Fsp3) is 0.480. The summed E-state index contributed by atoms with van der Waals surface area (Å²) in [6.07, 6.45) is 2.58. The molecule has 1 amide bonds. The Balaban J connectivity index is 1.69. The van der Waals surface area contributed by atoms with E-state index in [0.717, 1.165) is 43.9 Å². The largest absolute Gasteiger partial charge is 0.496 e. The van der Waals surface area contributed by atoms with Gasteiger partial charge < -0.3 is 9.64 Å². The van der Waals surface area contributed by atoms with Gasteiger partial charge in [0.1, 0.15) is 5.75 Å². The number of carbonyl (C=O) groups is 1. The summed E-state index contributed by atoms with van der Waals surface area (Å²) in [5.74, 6) is 1.55. The Kier molecular flexibility index (Phi) is 7.32. The summed E-state index contributed by atoms with van der Waals surface area (Å²) in [7, 11) is 1.73. The minimum absolute atomic E-state index is 0.243. The van der Waals surface area contributed by atoms with Crippen molar-refractivity contribution in [2.45, 2.75) is 52.6 Å².